The number of methoxy groups -OCH3 is 2. The number of carboxylic acid groups (broad SMARTS) is 1. The van der Waals surface area contributed by atoms with E-state index < -0.39 is 236 Å². The standard InChI is InChI=1S/C70H104O32/c1-29-54(99-58-49(82)45(78)39(27-92-58)97-60-50(83)46(79)43(76)37(25-71)95-60)48(81)52(85)59(93-29)100-56-53(86)55(98-42(75)15-11-31-10-13-35(90-8)36(22-31)91-9)30(2)94-62(56)102-64(89)69-19-18-65(3,4)23-33(69)32-12-14-40-66(5)24-34(74)57(101-61-51(84)47(80)44(77)38(26-72)96-61)68(7,63(87)88)41(66)16-17-67(40,6)70(32,28-73)21-20-69/h10-13,15,22,29-30,33-34,37-41,43-62,71-74,76-86H,14,16-21,23-28H2,1-9H3,(H,87,88)/b15-11-/t29-,30+,33-,34-,37+,38+,39+,40+,41+,43-,44+,45-,46-,47-,48-,49+,50+,51+,52+,53-,54-,55-,56+,57-,58-,59-,60-,61-,62-,66+,67+,68-,69-,70-/m0/s1. The van der Waals surface area contributed by atoms with Crippen molar-refractivity contribution in [2.75, 3.05) is 40.6 Å². The molecule has 0 aromatic heterocycles. The predicted octanol–water partition coefficient (Wildman–Crippen LogP) is -2.23. The van der Waals surface area contributed by atoms with Gasteiger partial charge in [0.15, 0.2) is 48.9 Å². The molecule has 5 aliphatic heterocycles. The van der Waals surface area contributed by atoms with Crippen molar-refractivity contribution in [3.63, 3.8) is 0 Å². The monoisotopic (exact) mass is 1460 g/mol. The molecule has 10 aliphatic rings. The fourth-order valence-corrected chi connectivity index (χ4v) is 19.3. The largest absolute Gasteiger partial charge is 0.493 e. The van der Waals surface area contributed by atoms with Gasteiger partial charge in [0.05, 0.1) is 69.8 Å². The lowest BCUT2D eigenvalue weighted by Gasteiger charge is -2.71. The smallest absolute Gasteiger partial charge is 0.331 e. The molecule has 0 unspecified atom stereocenters. The van der Waals surface area contributed by atoms with Crippen LogP contribution in [0.2, 0.25) is 0 Å². The second-order valence-corrected chi connectivity index (χ2v) is 31.3. The SMILES string of the molecule is COc1ccc(/C=C\C(=O)O[C@@H]2[C@H](O)[C@@H](O[C@@H]3O[C@@H](C)[C@H](O[C@@H]4OC[C@@H](O[C@@H]5O[C@H](CO)[C@H](O)[C@H](O)[C@H]5O)[C@H](O)[C@H]4O)[C@@H](O)[C@H]3O)[C@H](OC(=O)[C@]34CCC(C)(C)C[C@H]3C3=CC[C@@H]5[C@@]6(C)C[C@H](O)[C@H](O[C@@H]7O[C@H](CO)[C@@H](O)[C@H](O)[C@H]7O)[C@@](C)(C(=O)O)[C@@H]6CC[C@@]5(C)[C@]3(CO)CC4)O[C@@H]2C)cc1OC. The third kappa shape index (κ3) is 13.6. The van der Waals surface area contributed by atoms with Crippen molar-refractivity contribution in [2.45, 2.75) is 266 Å². The van der Waals surface area contributed by atoms with Gasteiger partial charge in [-0.3, -0.25) is 9.59 Å². The second-order valence-electron chi connectivity index (χ2n) is 31.3. The highest BCUT2D eigenvalue weighted by molar-refractivity contribution is 5.87. The molecule has 1 aromatic carbocycles. The van der Waals surface area contributed by atoms with Crippen LogP contribution in [0, 0.1) is 50.2 Å². The highest BCUT2D eigenvalue weighted by Gasteiger charge is 2.74. The van der Waals surface area contributed by atoms with Crippen LogP contribution in [0.25, 0.3) is 6.08 Å². The normalized spacial score (nSPS) is 48.6. The van der Waals surface area contributed by atoms with Crippen LogP contribution < -0.4 is 9.47 Å². The quantitative estimate of drug-likeness (QED) is 0.0302. The number of esters is 2. The Kier molecular flexibility index (Phi) is 23.2. The van der Waals surface area contributed by atoms with E-state index in [0.717, 1.165) is 11.6 Å². The minimum atomic E-state index is -2.08. The molecule has 32 heteroatoms. The molecule has 576 valence electrons. The molecule has 16 N–H and O–H groups in total. The van der Waals surface area contributed by atoms with Crippen molar-refractivity contribution >= 4 is 24.0 Å². The summed E-state index contributed by atoms with van der Waals surface area (Å²) in [5.41, 5.74) is -5.03. The highest BCUT2D eigenvalue weighted by atomic mass is 16.8. The Hall–Kier alpha value is -4.25. The molecule has 1 aromatic rings. The molecule has 0 bridgehead atoms. The number of carboxylic acids is 1. The van der Waals surface area contributed by atoms with Crippen molar-refractivity contribution in [1.29, 1.82) is 0 Å². The van der Waals surface area contributed by atoms with E-state index in [1.54, 1.807) is 18.2 Å². The molecule has 102 heavy (non-hydrogen) atoms. The van der Waals surface area contributed by atoms with Gasteiger partial charge in [-0.25, -0.2) is 4.79 Å². The maximum absolute atomic E-state index is 15.9. The van der Waals surface area contributed by atoms with Crippen LogP contribution in [0.4, 0.5) is 0 Å². The van der Waals surface area contributed by atoms with Crippen molar-refractivity contribution in [2.24, 2.45) is 50.2 Å². The zero-order chi connectivity index (χ0) is 74.4. The fourth-order valence-electron chi connectivity index (χ4n) is 19.3. The van der Waals surface area contributed by atoms with Crippen molar-refractivity contribution in [3.8, 4) is 11.5 Å². The van der Waals surface area contributed by atoms with E-state index in [1.165, 1.54) is 41.1 Å². The summed E-state index contributed by atoms with van der Waals surface area (Å²) in [6.07, 6.45) is -37.1. The number of aliphatic carboxylic acids is 1. The number of aliphatic hydroxyl groups is 15. The Labute approximate surface area is 589 Å². The summed E-state index contributed by atoms with van der Waals surface area (Å²) >= 11 is 0. The Morgan fingerprint density at radius 3 is 1.77 bits per heavy atom. The van der Waals surface area contributed by atoms with Gasteiger partial charge < -0.3 is 143 Å². The molecule has 5 heterocycles. The van der Waals surface area contributed by atoms with Crippen LogP contribution in [0.1, 0.15) is 112 Å². The number of carbonyl (C=O) groups excluding carboxylic acids is 2. The van der Waals surface area contributed by atoms with Crippen molar-refractivity contribution in [1.82, 2.24) is 0 Å². The Bertz CT molecular complexity index is 3190. The lowest BCUT2D eigenvalue weighted by Crippen LogP contribution is -2.71. The molecule has 34 atom stereocenters. The number of aliphatic hydroxyl groups excluding tert-OH is 15. The van der Waals surface area contributed by atoms with E-state index in [-0.39, 0.29) is 50.0 Å². The third-order valence-corrected chi connectivity index (χ3v) is 25.2. The molecule has 4 saturated carbocycles. The summed E-state index contributed by atoms with van der Waals surface area (Å²) in [4.78, 5) is 43.6. The Morgan fingerprint density at radius 2 is 1.16 bits per heavy atom. The van der Waals surface area contributed by atoms with E-state index in [2.05, 4.69) is 26.8 Å². The van der Waals surface area contributed by atoms with Crippen LogP contribution >= 0.6 is 0 Å². The van der Waals surface area contributed by atoms with Crippen molar-refractivity contribution in [3.05, 3.63) is 41.5 Å². The number of carbonyl (C=O) groups is 3. The van der Waals surface area contributed by atoms with E-state index in [0.29, 0.717) is 42.7 Å². The lowest BCUT2D eigenvalue weighted by atomic mass is 9.33. The number of hydrogen-bond donors (Lipinski definition) is 16. The molecule has 9 fully saturated rings. The highest BCUT2D eigenvalue weighted by Crippen LogP contribution is 2.76. The maximum Gasteiger partial charge on any atom is 0.331 e. The van der Waals surface area contributed by atoms with E-state index in [9.17, 15) is 91.3 Å². The first-order valence-electron chi connectivity index (χ1n) is 35.2. The first kappa shape index (κ1) is 78.8. The van der Waals surface area contributed by atoms with Gasteiger partial charge in [0.1, 0.15) is 97.7 Å². The van der Waals surface area contributed by atoms with Gasteiger partial charge in [-0.2, -0.15) is 0 Å². The molecule has 0 spiro atoms. The average Bonchev–Trinajstić information content (AvgIpc) is 0.669. The number of ether oxygens (including phenoxy) is 13. The average molecular weight is 1460 g/mol. The van der Waals surface area contributed by atoms with Crippen molar-refractivity contribution < 1.29 is 158 Å². The molecule has 0 amide bonds. The van der Waals surface area contributed by atoms with Crippen LogP contribution in [-0.2, 0) is 66.5 Å². The van der Waals surface area contributed by atoms with Gasteiger partial charge in [-0.15, -0.1) is 0 Å². The molecule has 0 radical (unpaired) electrons. The van der Waals surface area contributed by atoms with Gasteiger partial charge in [0, 0.05) is 11.5 Å². The summed E-state index contributed by atoms with van der Waals surface area (Å²) in [5.74, 6) is -3.91. The fraction of sp³-hybridized carbons (Fsp3) is 0.814. The summed E-state index contributed by atoms with van der Waals surface area (Å²) < 4.78 is 76.7. The molecule has 5 saturated heterocycles. The number of benzene rings is 1. The topological polar surface area (TPSA) is 495 Å². The minimum absolute atomic E-state index is 0.00308. The Morgan fingerprint density at radius 1 is 0.578 bits per heavy atom. The number of rotatable bonds is 19. The first-order valence-corrected chi connectivity index (χ1v) is 35.2. The number of allylic oxidation sites excluding steroid dienone is 1. The zero-order valence-corrected chi connectivity index (χ0v) is 58.6. The number of fused-ring (bicyclic) bond motifs is 7. The second kappa shape index (κ2) is 30.1. The summed E-state index contributed by atoms with van der Waals surface area (Å²) in [6, 6.07) is 4.88. The first-order chi connectivity index (χ1) is 48.0. The minimum Gasteiger partial charge on any atom is -0.493 e. The molecular formula is C70H104O32. The summed E-state index contributed by atoms with van der Waals surface area (Å²) in [6.45, 7) is 10.1. The lowest BCUT2D eigenvalue weighted by molar-refractivity contribution is -0.378. The maximum atomic E-state index is 15.9. The van der Waals surface area contributed by atoms with Gasteiger partial charge >= 0.3 is 17.9 Å². The van der Waals surface area contributed by atoms with Gasteiger partial charge in [0.2, 0.25) is 6.29 Å². The van der Waals surface area contributed by atoms with E-state index >= 15 is 4.79 Å². The van der Waals surface area contributed by atoms with Crippen LogP contribution in [0.15, 0.2) is 35.9 Å². The number of hydrogen-bond acceptors (Lipinski definition) is 31. The zero-order valence-electron chi connectivity index (χ0n) is 58.6. The van der Waals surface area contributed by atoms with E-state index in [4.69, 9.17) is 61.6 Å². The van der Waals surface area contributed by atoms with Crippen LogP contribution in [-0.4, -0.2) is 300 Å². The van der Waals surface area contributed by atoms with E-state index in [1.807, 2.05) is 6.92 Å². The predicted molar refractivity (Wildman–Crippen MR) is 344 cm³/mol. The molecule has 5 aliphatic carbocycles. The van der Waals surface area contributed by atoms with Crippen LogP contribution in [0.5, 0.6) is 11.5 Å². The Balaban J connectivity index is 0.850. The van der Waals surface area contributed by atoms with Gasteiger partial charge in [-0.05, 0) is 136 Å². The van der Waals surface area contributed by atoms with Gasteiger partial charge in [-0.1, -0.05) is 45.4 Å². The van der Waals surface area contributed by atoms with Crippen LogP contribution in [0.3, 0.4) is 0 Å². The van der Waals surface area contributed by atoms with Gasteiger partial charge in [0.25, 0.3) is 0 Å². The molecule has 11 rings (SSSR count). The molecule has 32 nitrogen and oxygen atoms in total. The molecular weight excluding hydrogens is 1350 g/mol. The third-order valence-electron chi connectivity index (χ3n) is 25.2. The summed E-state index contributed by atoms with van der Waals surface area (Å²) in [7, 11) is 2.90. The summed E-state index contributed by atoms with van der Waals surface area (Å²) in [5, 5.41) is 178.